The maximum absolute atomic E-state index is 11.0. The molecule has 0 saturated carbocycles. The van der Waals surface area contributed by atoms with E-state index < -0.39 is 5.97 Å². The molecule has 2 aromatic rings. The van der Waals surface area contributed by atoms with Gasteiger partial charge in [-0.15, -0.1) is 0 Å². The fourth-order valence-corrected chi connectivity index (χ4v) is 2.11. The van der Waals surface area contributed by atoms with Gasteiger partial charge in [0.2, 0.25) is 0 Å². The highest BCUT2D eigenvalue weighted by Crippen LogP contribution is 2.21. The van der Waals surface area contributed by atoms with E-state index in [1.54, 1.807) is 18.2 Å². The average molecular weight is 224 g/mol. The van der Waals surface area contributed by atoms with Gasteiger partial charge in [-0.2, -0.15) is 0 Å². The Labute approximate surface area is 88.8 Å². The van der Waals surface area contributed by atoms with Crippen molar-refractivity contribution in [3.8, 4) is 0 Å². The highest BCUT2D eigenvalue weighted by atomic mass is 32.1. The van der Waals surface area contributed by atoms with E-state index in [0.717, 1.165) is 21.6 Å². The number of rotatable bonds is 3. The Kier molecular flexibility index (Phi) is 2.55. The van der Waals surface area contributed by atoms with Gasteiger partial charge in [0, 0.05) is 6.42 Å². The number of hydrogen-bond acceptors (Lipinski definition) is 4. The quantitative estimate of drug-likeness (QED) is 0.864. The van der Waals surface area contributed by atoms with Crippen LogP contribution < -0.4 is 4.94 Å². The van der Waals surface area contributed by atoms with E-state index in [-0.39, 0.29) is 11.4 Å². The van der Waals surface area contributed by atoms with Gasteiger partial charge in [0.25, 0.3) is 0 Å². The summed E-state index contributed by atoms with van der Waals surface area (Å²) in [5.41, 5.74) is 1.29. The molecule has 4 nitrogen and oxygen atoms in total. The molecule has 0 spiro atoms. The molecule has 0 aliphatic heterocycles. The number of hydrogen-bond donors (Lipinski definition) is 1. The van der Waals surface area contributed by atoms with Crippen LogP contribution in [0.25, 0.3) is 10.3 Å². The molecule has 1 heterocycles. The van der Waals surface area contributed by atoms with Crippen LogP contribution in [0.5, 0.6) is 0 Å². The minimum atomic E-state index is -0.857. The molecule has 0 bridgehead atoms. The Bertz CT molecular complexity index is 552. The third kappa shape index (κ3) is 2.07. The lowest BCUT2D eigenvalue weighted by molar-refractivity contribution is -0.136. The van der Waals surface area contributed by atoms with Gasteiger partial charge in [-0.3, -0.25) is 4.79 Å². The van der Waals surface area contributed by atoms with E-state index in [1.807, 2.05) is 0 Å². The number of carbonyl (C=O) groups is 1. The van der Waals surface area contributed by atoms with E-state index in [1.165, 1.54) is 0 Å². The Morgan fingerprint density at radius 2 is 2.27 bits per heavy atom. The topological polar surface area (TPSA) is 67.5 Å². The van der Waals surface area contributed by atoms with Crippen molar-refractivity contribution in [1.29, 1.82) is 0 Å². The van der Waals surface area contributed by atoms with Gasteiger partial charge < -0.3 is 9.52 Å². The molecule has 1 aromatic heterocycles. The van der Waals surface area contributed by atoms with E-state index in [9.17, 15) is 9.59 Å². The fraction of sp³-hybridized carbons (Fsp3) is 0.200. The predicted octanol–water partition coefficient (Wildman–Crippen LogP) is 1.87. The molecular formula is C10H8O4S. The van der Waals surface area contributed by atoms with E-state index in [0.29, 0.717) is 12.0 Å². The molecule has 2 rings (SSSR count). The Morgan fingerprint density at radius 3 is 3.00 bits per heavy atom. The maximum atomic E-state index is 11.0. The normalized spacial score (nSPS) is 10.7. The summed E-state index contributed by atoms with van der Waals surface area (Å²) in [5, 5.41) is 8.56. The molecule has 15 heavy (non-hydrogen) atoms. The van der Waals surface area contributed by atoms with Crippen LogP contribution in [0.2, 0.25) is 0 Å². The third-order valence-electron chi connectivity index (χ3n) is 2.05. The van der Waals surface area contributed by atoms with Crippen molar-refractivity contribution in [2.45, 2.75) is 12.8 Å². The van der Waals surface area contributed by atoms with E-state index in [4.69, 9.17) is 9.52 Å². The fourth-order valence-electron chi connectivity index (χ4n) is 1.39. The Hall–Kier alpha value is -1.62. The van der Waals surface area contributed by atoms with Crippen molar-refractivity contribution in [1.82, 2.24) is 0 Å². The Balaban J connectivity index is 2.41. The molecule has 0 aliphatic carbocycles. The summed E-state index contributed by atoms with van der Waals surface area (Å²) in [6.45, 7) is 0. The van der Waals surface area contributed by atoms with Crippen LogP contribution in [0, 0.1) is 0 Å². The third-order valence-corrected chi connectivity index (χ3v) is 2.84. The molecule has 1 aromatic carbocycles. The number of carboxylic acids is 1. The number of carboxylic acid groups (broad SMARTS) is 1. The molecular weight excluding hydrogens is 216 g/mol. The molecule has 0 saturated heterocycles. The predicted molar refractivity (Wildman–Crippen MR) is 56.3 cm³/mol. The number of fused-ring (bicyclic) bond motifs is 1. The van der Waals surface area contributed by atoms with Gasteiger partial charge in [-0.25, -0.2) is 4.79 Å². The van der Waals surface area contributed by atoms with Crippen molar-refractivity contribution in [3.63, 3.8) is 0 Å². The number of benzene rings is 1. The summed E-state index contributed by atoms with van der Waals surface area (Å²) in [4.78, 5) is 21.1. The summed E-state index contributed by atoms with van der Waals surface area (Å²) >= 11 is 1.03. The monoisotopic (exact) mass is 224 g/mol. The lowest BCUT2D eigenvalue weighted by atomic mass is 10.1. The molecule has 0 fully saturated rings. The second kappa shape index (κ2) is 3.86. The van der Waals surface area contributed by atoms with Gasteiger partial charge in [0.1, 0.15) is 0 Å². The zero-order valence-electron chi connectivity index (χ0n) is 7.73. The van der Waals surface area contributed by atoms with Gasteiger partial charge in [-0.05, 0) is 18.1 Å². The summed E-state index contributed by atoms with van der Waals surface area (Å²) in [6.07, 6.45) is 0.422. The van der Waals surface area contributed by atoms with E-state index >= 15 is 0 Å². The Morgan fingerprint density at radius 1 is 1.47 bits per heavy atom. The van der Waals surface area contributed by atoms with Crippen molar-refractivity contribution >= 4 is 27.6 Å². The van der Waals surface area contributed by atoms with Crippen LogP contribution in [0.1, 0.15) is 12.0 Å². The maximum Gasteiger partial charge on any atom is 0.396 e. The van der Waals surface area contributed by atoms with Crippen LogP contribution in [-0.2, 0) is 11.2 Å². The molecule has 0 aliphatic rings. The van der Waals surface area contributed by atoms with Gasteiger partial charge >= 0.3 is 10.9 Å². The summed E-state index contributed by atoms with van der Waals surface area (Å²) < 4.78 is 5.77. The molecule has 78 valence electrons. The number of aryl methyl sites for hydroxylation is 1. The summed E-state index contributed by atoms with van der Waals surface area (Å²) in [5.74, 6) is -0.857. The first-order valence-corrected chi connectivity index (χ1v) is 5.22. The molecule has 0 amide bonds. The second-order valence-corrected chi connectivity index (χ2v) is 4.07. The first-order chi connectivity index (χ1) is 7.16. The van der Waals surface area contributed by atoms with Crippen LogP contribution in [0.15, 0.2) is 27.4 Å². The molecule has 0 unspecified atom stereocenters. The smallest absolute Gasteiger partial charge is 0.396 e. The molecule has 0 radical (unpaired) electrons. The first-order valence-electron chi connectivity index (χ1n) is 4.40. The van der Waals surface area contributed by atoms with E-state index in [2.05, 4.69) is 0 Å². The molecule has 0 atom stereocenters. The summed E-state index contributed by atoms with van der Waals surface area (Å²) in [7, 11) is 0. The zero-order valence-corrected chi connectivity index (χ0v) is 8.54. The van der Waals surface area contributed by atoms with Crippen LogP contribution >= 0.6 is 11.3 Å². The van der Waals surface area contributed by atoms with Crippen molar-refractivity contribution < 1.29 is 14.3 Å². The lowest BCUT2D eigenvalue weighted by Crippen LogP contribution is -1.97. The standard InChI is InChI=1S/C10H8O4S/c11-8(12)5-4-6-2-1-3-7-9(6)14-10(13)15-7/h1-3H,4-5H2,(H,11,12). The minimum Gasteiger partial charge on any atom is -0.481 e. The highest BCUT2D eigenvalue weighted by molar-refractivity contribution is 7.16. The number of para-hydroxylation sites is 1. The number of aliphatic carboxylic acids is 1. The van der Waals surface area contributed by atoms with Crippen LogP contribution in [0.3, 0.4) is 0 Å². The SMILES string of the molecule is O=C(O)CCc1cccc2sc(=O)oc12. The van der Waals surface area contributed by atoms with Gasteiger partial charge in [0.15, 0.2) is 5.58 Å². The van der Waals surface area contributed by atoms with Crippen LogP contribution in [-0.4, -0.2) is 11.1 Å². The zero-order chi connectivity index (χ0) is 10.8. The largest absolute Gasteiger partial charge is 0.481 e. The van der Waals surface area contributed by atoms with Crippen molar-refractivity contribution in [3.05, 3.63) is 33.5 Å². The minimum absolute atomic E-state index is 0.0403. The molecule has 1 N–H and O–H groups in total. The van der Waals surface area contributed by atoms with Crippen molar-refractivity contribution in [2.75, 3.05) is 0 Å². The van der Waals surface area contributed by atoms with Crippen molar-refractivity contribution in [2.24, 2.45) is 0 Å². The second-order valence-electron chi connectivity index (χ2n) is 3.09. The lowest BCUT2D eigenvalue weighted by Gasteiger charge is -1.98. The van der Waals surface area contributed by atoms with Gasteiger partial charge in [0.05, 0.1) is 4.70 Å². The average Bonchev–Trinajstić information content (AvgIpc) is 2.55. The van der Waals surface area contributed by atoms with Crippen LogP contribution in [0.4, 0.5) is 0 Å². The van der Waals surface area contributed by atoms with Gasteiger partial charge in [-0.1, -0.05) is 23.5 Å². The highest BCUT2D eigenvalue weighted by Gasteiger charge is 2.08. The summed E-state index contributed by atoms with van der Waals surface area (Å²) in [6, 6.07) is 5.36. The molecule has 5 heteroatoms. The first kappa shape index (κ1) is 9.92.